The van der Waals surface area contributed by atoms with Crippen LogP contribution in [0.4, 0.5) is 5.69 Å². The minimum atomic E-state index is -0.321. The summed E-state index contributed by atoms with van der Waals surface area (Å²) in [5.41, 5.74) is 2.39. The molecule has 0 aliphatic carbocycles. The molecule has 4 nitrogen and oxygen atoms in total. The summed E-state index contributed by atoms with van der Waals surface area (Å²) in [6.07, 6.45) is 3.07. The van der Waals surface area contributed by atoms with Gasteiger partial charge in [-0.05, 0) is 35.9 Å². The maximum absolute atomic E-state index is 12.3. The number of nitrogens with one attached hydrogen (secondary N) is 1. The van der Waals surface area contributed by atoms with Crippen LogP contribution in [0.25, 0.3) is 17.4 Å². The lowest BCUT2D eigenvalue weighted by molar-refractivity contribution is 0.0997. The van der Waals surface area contributed by atoms with E-state index >= 15 is 0 Å². The van der Waals surface area contributed by atoms with E-state index in [1.165, 1.54) is 6.08 Å². The van der Waals surface area contributed by atoms with Crippen LogP contribution in [0.5, 0.6) is 0 Å². The molecule has 4 heteroatoms. The first-order chi connectivity index (χ1) is 11.8. The number of hydrogen-bond donors (Lipinski definition) is 1. The summed E-state index contributed by atoms with van der Waals surface area (Å²) in [6.45, 7) is 0. The molecule has 0 spiro atoms. The Labute approximate surface area is 139 Å². The van der Waals surface area contributed by atoms with Gasteiger partial charge in [-0.3, -0.25) is 4.79 Å². The average Bonchev–Trinajstić information content (AvgIpc) is 3.11. The molecule has 0 unspecified atom stereocenters. The first kappa shape index (κ1) is 15.3. The Morgan fingerprint density at radius 2 is 1.88 bits per heavy atom. The smallest absolute Gasteiger partial charge is 0.291 e. The zero-order chi connectivity index (χ0) is 16.8. The number of furan rings is 1. The lowest BCUT2D eigenvalue weighted by Gasteiger charge is -2.04. The molecule has 0 saturated heterocycles. The van der Waals surface area contributed by atoms with E-state index in [0.29, 0.717) is 11.4 Å². The number of carbonyl (C=O) groups is 1. The van der Waals surface area contributed by atoms with Gasteiger partial charge in [-0.25, -0.2) is 0 Å². The van der Waals surface area contributed by atoms with Crippen LogP contribution in [-0.4, -0.2) is 5.91 Å². The summed E-state index contributed by atoms with van der Waals surface area (Å²) in [7, 11) is 0. The Kier molecular flexibility index (Phi) is 4.55. The van der Waals surface area contributed by atoms with Crippen molar-refractivity contribution < 1.29 is 9.21 Å². The summed E-state index contributed by atoms with van der Waals surface area (Å²) >= 11 is 0. The minimum absolute atomic E-state index is 0.242. The van der Waals surface area contributed by atoms with E-state index in [4.69, 9.17) is 9.68 Å². The van der Waals surface area contributed by atoms with E-state index in [2.05, 4.69) is 5.32 Å². The summed E-state index contributed by atoms with van der Waals surface area (Å²) < 4.78 is 5.63. The molecular formula is C20H14N2O2. The van der Waals surface area contributed by atoms with Gasteiger partial charge in [0.15, 0.2) is 5.76 Å². The monoisotopic (exact) mass is 314 g/mol. The number of anilines is 1. The molecule has 1 aromatic heterocycles. The fraction of sp³-hybridized carbons (Fsp3) is 0. The van der Waals surface area contributed by atoms with E-state index < -0.39 is 0 Å². The maximum atomic E-state index is 12.3. The van der Waals surface area contributed by atoms with Gasteiger partial charge in [0.05, 0.1) is 6.07 Å². The average molecular weight is 314 g/mol. The van der Waals surface area contributed by atoms with E-state index in [1.54, 1.807) is 30.3 Å². The van der Waals surface area contributed by atoms with Crippen LogP contribution in [0.1, 0.15) is 16.1 Å². The van der Waals surface area contributed by atoms with Crippen LogP contribution in [-0.2, 0) is 0 Å². The number of benzene rings is 2. The van der Waals surface area contributed by atoms with E-state index in [-0.39, 0.29) is 11.7 Å². The molecule has 0 atom stereocenters. The van der Waals surface area contributed by atoms with Crippen LogP contribution in [0, 0.1) is 11.3 Å². The van der Waals surface area contributed by atoms with Crippen LogP contribution >= 0.6 is 0 Å². The van der Waals surface area contributed by atoms with Gasteiger partial charge in [0.1, 0.15) is 5.76 Å². The summed E-state index contributed by atoms with van der Waals surface area (Å²) in [5, 5.41) is 11.4. The predicted octanol–water partition coefficient (Wildman–Crippen LogP) is 4.74. The highest BCUT2D eigenvalue weighted by molar-refractivity contribution is 6.02. The molecule has 24 heavy (non-hydrogen) atoms. The number of nitriles is 1. The first-order valence-corrected chi connectivity index (χ1v) is 7.39. The summed E-state index contributed by atoms with van der Waals surface area (Å²) in [4.78, 5) is 12.3. The van der Waals surface area contributed by atoms with Gasteiger partial charge < -0.3 is 9.73 Å². The number of hydrogen-bond acceptors (Lipinski definition) is 3. The van der Waals surface area contributed by atoms with Crippen molar-refractivity contribution in [2.45, 2.75) is 0 Å². The van der Waals surface area contributed by atoms with E-state index in [9.17, 15) is 4.79 Å². The largest absolute Gasteiger partial charge is 0.451 e. The van der Waals surface area contributed by atoms with Gasteiger partial charge in [-0.15, -0.1) is 0 Å². The Hall–Kier alpha value is -3.58. The van der Waals surface area contributed by atoms with Crippen molar-refractivity contribution in [1.82, 2.24) is 0 Å². The highest BCUT2D eigenvalue weighted by Gasteiger charge is 2.12. The van der Waals surface area contributed by atoms with Crippen molar-refractivity contribution in [1.29, 1.82) is 5.26 Å². The molecule has 0 aliphatic rings. The topological polar surface area (TPSA) is 66.0 Å². The van der Waals surface area contributed by atoms with Crippen LogP contribution in [0.3, 0.4) is 0 Å². The van der Waals surface area contributed by atoms with Crippen molar-refractivity contribution in [3.8, 4) is 17.4 Å². The zero-order valence-corrected chi connectivity index (χ0v) is 12.8. The number of rotatable bonds is 4. The third-order valence-corrected chi connectivity index (χ3v) is 3.38. The van der Waals surface area contributed by atoms with Gasteiger partial charge in [0, 0.05) is 17.3 Å². The van der Waals surface area contributed by atoms with E-state index in [1.807, 2.05) is 48.5 Å². The molecule has 0 radical (unpaired) electrons. The summed E-state index contributed by atoms with van der Waals surface area (Å²) in [6, 6.07) is 22.2. The van der Waals surface area contributed by atoms with E-state index in [0.717, 1.165) is 11.1 Å². The number of carbonyl (C=O) groups excluding carboxylic acids is 1. The molecule has 1 heterocycles. The standard InChI is InChI=1S/C20H14N2O2/c21-13-5-7-15-6-4-10-17(14-15)22-20(23)19-12-11-18(24-19)16-8-2-1-3-9-16/h1-12,14H,(H,22,23). The van der Waals surface area contributed by atoms with Crippen LogP contribution in [0.2, 0.25) is 0 Å². The Morgan fingerprint density at radius 1 is 1.04 bits per heavy atom. The first-order valence-electron chi connectivity index (χ1n) is 7.39. The number of amides is 1. The second-order valence-electron chi connectivity index (χ2n) is 5.07. The second-order valence-corrected chi connectivity index (χ2v) is 5.07. The normalized spacial score (nSPS) is 10.5. The molecule has 1 amide bonds. The maximum Gasteiger partial charge on any atom is 0.291 e. The molecule has 1 N–H and O–H groups in total. The SMILES string of the molecule is N#CC=Cc1cccc(NC(=O)c2ccc(-c3ccccc3)o2)c1. The molecule has 0 saturated carbocycles. The molecule has 116 valence electrons. The zero-order valence-electron chi connectivity index (χ0n) is 12.8. The number of nitrogens with zero attached hydrogens (tertiary/aromatic N) is 1. The summed E-state index contributed by atoms with van der Waals surface area (Å²) in [5.74, 6) is 0.567. The fourth-order valence-electron chi connectivity index (χ4n) is 2.26. The molecule has 0 bridgehead atoms. The third kappa shape index (κ3) is 3.60. The quantitative estimate of drug-likeness (QED) is 0.708. The highest BCUT2D eigenvalue weighted by atomic mass is 16.3. The van der Waals surface area contributed by atoms with Gasteiger partial charge in [0.25, 0.3) is 5.91 Å². The Morgan fingerprint density at radius 3 is 2.67 bits per heavy atom. The Bertz CT molecular complexity index is 918. The molecule has 0 aliphatic heterocycles. The molecule has 3 aromatic rings. The van der Waals surface area contributed by atoms with Crippen molar-refractivity contribution in [2.75, 3.05) is 5.32 Å². The lowest BCUT2D eigenvalue weighted by atomic mass is 10.2. The van der Waals surface area contributed by atoms with Gasteiger partial charge in [-0.2, -0.15) is 5.26 Å². The predicted molar refractivity (Wildman–Crippen MR) is 93.2 cm³/mol. The van der Waals surface area contributed by atoms with Crippen molar-refractivity contribution in [3.05, 3.63) is 84.1 Å². The second kappa shape index (κ2) is 7.12. The van der Waals surface area contributed by atoms with Crippen LogP contribution < -0.4 is 5.32 Å². The van der Waals surface area contributed by atoms with Gasteiger partial charge in [0.2, 0.25) is 0 Å². The molecule has 3 rings (SSSR count). The van der Waals surface area contributed by atoms with Crippen molar-refractivity contribution in [2.24, 2.45) is 0 Å². The molecular weight excluding hydrogens is 300 g/mol. The van der Waals surface area contributed by atoms with Gasteiger partial charge in [-0.1, -0.05) is 42.5 Å². The highest BCUT2D eigenvalue weighted by Crippen LogP contribution is 2.22. The van der Waals surface area contributed by atoms with Crippen molar-refractivity contribution in [3.63, 3.8) is 0 Å². The van der Waals surface area contributed by atoms with Crippen molar-refractivity contribution >= 4 is 17.7 Å². The minimum Gasteiger partial charge on any atom is -0.451 e. The van der Waals surface area contributed by atoms with Gasteiger partial charge >= 0.3 is 0 Å². The number of allylic oxidation sites excluding steroid dienone is 1. The molecule has 0 fully saturated rings. The molecule has 2 aromatic carbocycles. The fourth-order valence-corrected chi connectivity index (χ4v) is 2.26. The lowest BCUT2D eigenvalue weighted by Crippen LogP contribution is -2.10. The Balaban J connectivity index is 1.75. The van der Waals surface area contributed by atoms with Crippen LogP contribution in [0.15, 0.2) is 77.2 Å². The third-order valence-electron chi connectivity index (χ3n) is 3.38.